The van der Waals surface area contributed by atoms with Gasteiger partial charge < -0.3 is 9.36 Å². The van der Waals surface area contributed by atoms with Gasteiger partial charge in [-0.2, -0.15) is 0 Å². The van der Waals surface area contributed by atoms with E-state index in [1.807, 2.05) is 18.4 Å². The van der Waals surface area contributed by atoms with Crippen LogP contribution in [0.2, 0.25) is 0 Å². The van der Waals surface area contributed by atoms with E-state index in [0.29, 0.717) is 12.1 Å². The second-order valence-corrected chi connectivity index (χ2v) is 3.91. The molecular formula is C11H16N2O2. The number of Topliss-reactive ketones (excluding diaryl/α,β-unsaturated/α-hetero) is 2. The molecule has 0 N–H and O–H groups in total. The molecule has 0 bridgehead atoms. The average Bonchev–Trinajstić information content (AvgIpc) is 2.62. The zero-order valence-corrected chi connectivity index (χ0v) is 9.36. The van der Waals surface area contributed by atoms with Gasteiger partial charge in [0.15, 0.2) is 5.78 Å². The van der Waals surface area contributed by atoms with Crippen LogP contribution in [0.3, 0.4) is 0 Å². The van der Waals surface area contributed by atoms with Crippen molar-refractivity contribution >= 4 is 11.6 Å². The molecule has 0 aliphatic heterocycles. The molecule has 1 heterocycles. The number of aromatic nitrogens is 2. The fourth-order valence-corrected chi connectivity index (χ4v) is 1.35. The Hall–Kier alpha value is -1.45. The Kier molecular flexibility index (Phi) is 3.77. The van der Waals surface area contributed by atoms with Crippen molar-refractivity contribution in [3.05, 3.63) is 18.2 Å². The summed E-state index contributed by atoms with van der Waals surface area (Å²) in [4.78, 5) is 26.4. The van der Waals surface area contributed by atoms with Gasteiger partial charge in [0.2, 0.25) is 0 Å². The molecule has 0 unspecified atom stereocenters. The summed E-state index contributed by atoms with van der Waals surface area (Å²) in [5.41, 5.74) is 0.589. The van der Waals surface area contributed by atoms with Crippen LogP contribution in [0, 0.1) is 0 Å². The van der Waals surface area contributed by atoms with E-state index in [4.69, 9.17) is 0 Å². The van der Waals surface area contributed by atoms with Gasteiger partial charge in [0.25, 0.3) is 0 Å². The maximum Gasteiger partial charge on any atom is 0.181 e. The third kappa shape index (κ3) is 3.01. The minimum absolute atomic E-state index is 0.0172. The van der Waals surface area contributed by atoms with Crippen LogP contribution < -0.4 is 0 Å². The van der Waals surface area contributed by atoms with Gasteiger partial charge >= 0.3 is 0 Å². The van der Waals surface area contributed by atoms with E-state index < -0.39 is 0 Å². The summed E-state index contributed by atoms with van der Waals surface area (Å²) in [6.07, 6.45) is 3.78. The van der Waals surface area contributed by atoms with E-state index in [2.05, 4.69) is 4.98 Å². The Balaban J connectivity index is 2.73. The highest BCUT2D eigenvalue weighted by atomic mass is 16.1. The van der Waals surface area contributed by atoms with Crippen molar-refractivity contribution in [3.63, 3.8) is 0 Å². The minimum Gasteiger partial charge on any atom is -0.326 e. The SMILES string of the molecule is CC(=O)CCC(=O)c1cncn1C(C)C. The van der Waals surface area contributed by atoms with Crippen molar-refractivity contribution in [1.82, 2.24) is 9.55 Å². The van der Waals surface area contributed by atoms with Crippen molar-refractivity contribution in [2.24, 2.45) is 0 Å². The number of rotatable bonds is 5. The smallest absolute Gasteiger partial charge is 0.181 e. The predicted molar refractivity (Wildman–Crippen MR) is 56.9 cm³/mol. The number of carbonyl (C=O) groups is 2. The van der Waals surface area contributed by atoms with Crippen molar-refractivity contribution in [2.75, 3.05) is 0 Å². The van der Waals surface area contributed by atoms with Gasteiger partial charge in [0.1, 0.15) is 11.5 Å². The van der Waals surface area contributed by atoms with Crippen LogP contribution in [0.15, 0.2) is 12.5 Å². The number of nitrogens with zero attached hydrogens (tertiary/aromatic N) is 2. The van der Waals surface area contributed by atoms with Gasteiger partial charge in [0, 0.05) is 18.9 Å². The molecule has 0 aliphatic rings. The Labute approximate surface area is 89.3 Å². The van der Waals surface area contributed by atoms with Crippen LogP contribution in [0.1, 0.15) is 50.1 Å². The summed E-state index contributed by atoms with van der Waals surface area (Å²) in [6.45, 7) is 5.47. The largest absolute Gasteiger partial charge is 0.326 e. The van der Waals surface area contributed by atoms with Crippen LogP contribution in [0.25, 0.3) is 0 Å². The van der Waals surface area contributed by atoms with E-state index in [-0.39, 0.29) is 24.0 Å². The fraction of sp³-hybridized carbons (Fsp3) is 0.545. The number of hydrogen-bond acceptors (Lipinski definition) is 3. The van der Waals surface area contributed by atoms with Gasteiger partial charge in [-0.25, -0.2) is 4.98 Å². The monoisotopic (exact) mass is 208 g/mol. The maximum absolute atomic E-state index is 11.7. The first-order chi connectivity index (χ1) is 7.02. The highest BCUT2D eigenvalue weighted by molar-refractivity contribution is 5.96. The van der Waals surface area contributed by atoms with Crippen LogP contribution in [-0.2, 0) is 4.79 Å². The number of hydrogen-bond donors (Lipinski definition) is 0. The van der Waals surface area contributed by atoms with Crippen LogP contribution in [0.5, 0.6) is 0 Å². The molecule has 0 spiro atoms. The first-order valence-corrected chi connectivity index (χ1v) is 5.07. The van der Waals surface area contributed by atoms with Gasteiger partial charge in [-0.1, -0.05) is 0 Å². The second kappa shape index (κ2) is 4.87. The third-order valence-corrected chi connectivity index (χ3v) is 2.21. The fourth-order valence-electron chi connectivity index (χ4n) is 1.35. The zero-order valence-electron chi connectivity index (χ0n) is 9.36. The van der Waals surface area contributed by atoms with Crippen molar-refractivity contribution in [1.29, 1.82) is 0 Å². The lowest BCUT2D eigenvalue weighted by atomic mass is 10.1. The van der Waals surface area contributed by atoms with Crippen LogP contribution in [-0.4, -0.2) is 21.1 Å². The quantitative estimate of drug-likeness (QED) is 0.695. The molecule has 0 radical (unpaired) electrons. The molecule has 0 saturated carbocycles. The van der Waals surface area contributed by atoms with Crippen molar-refractivity contribution in [2.45, 2.75) is 39.7 Å². The van der Waals surface area contributed by atoms with Gasteiger partial charge in [-0.15, -0.1) is 0 Å². The Morgan fingerprint density at radius 1 is 1.40 bits per heavy atom. The molecule has 0 amide bonds. The van der Waals surface area contributed by atoms with Crippen molar-refractivity contribution in [3.8, 4) is 0 Å². The molecule has 0 aromatic carbocycles. The first-order valence-electron chi connectivity index (χ1n) is 5.07. The van der Waals surface area contributed by atoms with Crippen LogP contribution >= 0.6 is 0 Å². The standard InChI is InChI=1S/C11H16N2O2/c1-8(2)13-7-12-6-10(13)11(15)5-4-9(3)14/h6-8H,4-5H2,1-3H3. The Morgan fingerprint density at radius 3 is 2.60 bits per heavy atom. The first kappa shape index (κ1) is 11.6. The minimum atomic E-state index is -0.0172. The van der Waals surface area contributed by atoms with E-state index in [0.717, 1.165) is 0 Å². The summed E-state index contributed by atoms with van der Waals surface area (Å²) in [7, 11) is 0. The normalized spacial score (nSPS) is 10.7. The predicted octanol–water partition coefficient (Wildman–Crippen LogP) is 2.02. The Morgan fingerprint density at radius 2 is 2.07 bits per heavy atom. The van der Waals surface area contributed by atoms with Gasteiger partial charge in [-0.05, 0) is 20.8 Å². The molecule has 4 heteroatoms. The molecular weight excluding hydrogens is 192 g/mol. The van der Waals surface area contributed by atoms with Gasteiger partial charge in [-0.3, -0.25) is 4.79 Å². The molecule has 1 aromatic rings. The lowest BCUT2D eigenvalue weighted by Crippen LogP contribution is -2.11. The van der Waals surface area contributed by atoms with Crippen LogP contribution in [0.4, 0.5) is 0 Å². The molecule has 0 saturated heterocycles. The summed E-state index contributed by atoms with van der Waals surface area (Å²) < 4.78 is 1.82. The van der Waals surface area contributed by atoms with Gasteiger partial charge in [0.05, 0.1) is 12.5 Å². The summed E-state index contributed by atoms with van der Waals surface area (Å²) in [6, 6.07) is 0.212. The summed E-state index contributed by atoms with van der Waals surface area (Å²) >= 11 is 0. The molecule has 15 heavy (non-hydrogen) atoms. The van der Waals surface area contributed by atoms with E-state index in [9.17, 15) is 9.59 Å². The van der Waals surface area contributed by atoms with Crippen molar-refractivity contribution < 1.29 is 9.59 Å². The number of imidazole rings is 1. The second-order valence-electron chi connectivity index (χ2n) is 3.91. The van der Waals surface area contributed by atoms with E-state index >= 15 is 0 Å². The third-order valence-electron chi connectivity index (χ3n) is 2.21. The summed E-state index contributed by atoms with van der Waals surface area (Å²) in [5.74, 6) is 0.0235. The molecule has 82 valence electrons. The topological polar surface area (TPSA) is 52.0 Å². The molecule has 4 nitrogen and oxygen atoms in total. The molecule has 1 rings (SSSR count). The average molecular weight is 208 g/mol. The zero-order chi connectivity index (χ0) is 11.4. The molecule has 1 aromatic heterocycles. The lowest BCUT2D eigenvalue weighted by Gasteiger charge is -2.10. The molecule has 0 fully saturated rings. The van der Waals surface area contributed by atoms with E-state index in [1.54, 1.807) is 12.5 Å². The highest BCUT2D eigenvalue weighted by Gasteiger charge is 2.13. The Bertz CT molecular complexity index is 366. The number of carbonyl (C=O) groups excluding carboxylic acids is 2. The summed E-state index contributed by atoms with van der Waals surface area (Å²) in [5, 5.41) is 0. The molecule has 0 aliphatic carbocycles. The molecule has 0 atom stereocenters. The lowest BCUT2D eigenvalue weighted by molar-refractivity contribution is -0.116. The van der Waals surface area contributed by atoms with E-state index in [1.165, 1.54) is 6.92 Å². The maximum atomic E-state index is 11.7. The highest BCUT2D eigenvalue weighted by Crippen LogP contribution is 2.11. The number of ketones is 2.